The number of hydrogen-bond donors (Lipinski definition) is 0. The quantitative estimate of drug-likeness (QED) is 0.490. The summed E-state index contributed by atoms with van der Waals surface area (Å²) in [6, 6.07) is 6.41. The Morgan fingerprint density at radius 1 is 1.19 bits per heavy atom. The molecule has 142 valence electrons. The number of ether oxygens (including phenoxy) is 2. The smallest absolute Gasteiger partial charge is 0.324 e. The van der Waals surface area contributed by atoms with E-state index in [1.807, 2.05) is 6.07 Å². The van der Waals surface area contributed by atoms with Crippen molar-refractivity contribution in [2.45, 2.75) is 32.1 Å². The summed E-state index contributed by atoms with van der Waals surface area (Å²) >= 11 is 0. The van der Waals surface area contributed by atoms with Crippen molar-refractivity contribution >= 4 is 28.2 Å². The average Bonchev–Trinajstić information content (AvgIpc) is 3.11. The minimum Gasteiger partial charge on any atom is -0.468 e. The summed E-state index contributed by atoms with van der Waals surface area (Å²) in [5.74, 6) is -3.20. The molecular weight excluding hydrogens is 351 g/mol. The van der Waals surface area contributed by atoms with Crippen LogP contribution in [0, 0.1) is 5.82 Å². The number of pyridine rings is 1. The van der Waals surface area contributed by atoms with Crippen molar-refractivity contribution < 1.29 is 23.5 Å². The lowest BCUT2D eigenvalue weighted by Gasteiger charge is -2.14. The maximum absolute atomic E-state index is 13.9. The maximum Gasteiger partial charge on any atom is 0.324 e. The van der Waals surface area contributed by atoms with Crippen LogP contribution in [-0.4, -0.2) is 35.8 Å². The minimum absolute atomic E-state index is 0.336. The number of benzene rings is 1. The van der Waals surface area contributed by atoms with Gasteiger partial charge in [0, 0.05) is 16.6 Å². The Labute approximate surface area is 155 Å². The summed E-state index contributed by atoms with van der Waals surface area (Å²) in [6.45, 7) is 2.09. The minimum atomic E-state index is -1.29. The number of halogens is 1. The van der Waals surface area contributed by atoms with Crippen molar-refractivity contribution in [2.75, 3.05) is 14.2 Å². The van der Waals surface area contributed by atoms with Crippen LogP contribution in [0.3, 0.4) is 0 Å². The Bertz CT molecular complexity index is 996. The highest BCUT2D eigenvalue weighted by Gasteiger charge is 2.34. The van der Waals surface area contributed by atoms with Gasteiger partial charge in [-0.2, -0.15) is 5.10 Å². The van der Waals surface area contributed by atoms with Crippen LogP contribution < -0.4 is 0 Å². The van der Waals surface area contributed by atoms with Gasteiger partial charge in [0.05, 0.1) is 25.9 Å². The van der Waals surface area contributed by atoms with Gasteiger partial charge in [0.1, 0.15) is 5.82 Å². The van der Waals surface area contributed by atoms with Gasteiger partial charge in [-0.25, -0.2) is 8.91 Å². The van der Waals surface area contributed by atoms with Crippen molar-refractivity contribution in [3.8, 4) is 0 Å². The summed E-state index contributed by atoms with van der Waals surface area (Å²) in [5, 5.41) is 5.76. The third-order valence-corrected chi connectivity index (χ3v) is 4.63. The van der Waals surface area contributed by atoms with Gasteiger partial charge < -0.3 is 9.47 Å². The first-order valence-electron chi connectivity index (χ1n) is 8.76. The number of nitrogens with zero attached hydrogens (tertiary/aromatic N) is 2. The molecule has 0 saturated heterocycles. The van der Waals surface area contributed by atoms with Gasteiger partial charge >= 0.3 is 11.9 Å². The van der Waals surface area contributed by atoms with Gasteiger partial charge in [0.25, 0.3) is 0 Å². The number of fused-ring (bicyclic) bond motifs is 3. The number of carbonyl (C=O) groups excluding carboxylic acids is 2. The van der Waals surface area contributed by atoms with E-state index in [1.165, 1.54) is 32.5 Å². The molecule has 0 atom stereocenters. The van der Waals surface area contributed by atoms with Crippen molar-refractivity contribution in [3.05, 3.63) is 47.5 Å². The van der Waals surface area contributed by atoms with Crippen LogP contribution in [0.15, 0.2) is 30.5 Å². The molecule has 1 aromatic carbocycles. The lowest BCUT2D eigenvalue weighted by molar-refractivity contribution is -0.154. The first-order valence-corrected chi connectivity index (χ1v) is 8.76. The third kappa shape index (κ3) is 3.37. The second kappa shape index (κ2) is 7.73. The molecule has 27 heavy (non-hydrogen) atoms. The van der Waals surface area contributed by atoms with E-state index >= 15 is 0 Å². The maximum atomic E-state index is 13.9. The monoisotopic (exact) mass is 372 g/mol. The van der Waals surface area contributed by atoms with Crippen LogP contribution in [0.1, 0.15) is 36.9 Å². The number of hydrogen-bond acceptors (Lipinski definition) is 5. The molecule has 0 aliphatic carbocycles. The fraction of sp³-hybridized carbons (Fsp3) is 0.350. The molecule has 0 saturated carbocycles. The largest absolute Gasteiger partial charge is 0.468 e. The van der Waals surface area contributed by atoms with Crippen LogP contribution >= 0.6 is 0 Å². The van der Waals surface area contributed by atoms with Crippen LogP contribution in [-0.2, 0) is 25.5 Å². The van der Waals surface area contributed by atoms with Gasteiger partial charge in [-0.1, -0.05) is 19.4 Å². The molecule has 2 heterocycles. The number of aromatic nitrogens is 2. The molecule has 0 aliphatic rings. The predicted octanol–water partition coefficient (Wildman–Crippen LogP) is 3.40. The van der Waals surface area contributed by atoms with E-state index in [0.717, 1.165) is 30.3 Å². The lowest BCUT2D eigenvalue weighted by Crippen LogP contribution is -2.24. The van der Waals surface area contributed by atoms with Crippen LogP contribution in [0.2, 0.25) is 0 Å². The topological polar surface area (TPSA) is 69.9 Å². The van der Waals surface area contributed by atoms with Crippen molar-refractivity contribution in [2.24, 2.45) is 0 Å². The normalized spacial score (nSPS) is 11.3. The van der Waals surface area contributed by atoms with Gasteiger partial charge in [-0.3, -0.25) is 9.59 Å². The SMILES string of the molecule is CCCCc1cc2ccc(F)cc2c2c(C(C(=O)OC)C(=O)OC)cnn12. The highest BCUT2D eigenvalue weighted by atomic mass is 19.1. The van der Waals surface area contributed by atoms with E-state index in [0.29, 0.717) is 16.5 Å². The highest BCUT2D eigenvalue weighted by Crippen LogP contribution is 2.31. The van der Waals surface area contributed by atoms with Gasteiger partial charge in [0.15, 0.2) is 5.92 Å². The Balaban J connectivity index is 2.35. The molecule has 0 amide bonds. The molecule has 7 heteroatoms. The molecule has 0 spiro atoms. The second-order valence-electron chi connectivity index (χ2n) is 6.31. The summed E-state index contributed by atoms with van der Waals surface area (Å²) in [6.07, 6.45) is 4.18. The molecule has 3 aromatic rings. The first-order chi connectivity index (χ1) is 13.0. The number of methoxy groups -OCH3 is 2. The molecule has 0 radical (unpaired) electrons. The van der Waals surface area contributed by atoms with Crippen LogP contribution in [0.5, 0.6) is 0 Å². The first kappa shape index (κ1) is 18.8. The average molecular weight is 372 g/mol. The molecule has 0 fully saturated rings. The fourth-order valence-corrected chi connectivity index (χ4v) is 3.28. The van der Waals surface area contributed by atoms with Crippen molar-refractivity contribution in [1.29, 1.82) is 0 Å². The summed E-state index contributed by atoms with van der Waals surface area (Å²) in [7, 11) is 2.41. The molecule has 0 aliphatic heterocycles. The lowest BCUT2D eigenvalue weighted by atomic mass is 9.97. The van der Waals surface area contributed by atoms with E-state index < -0.39 is 23.7 Å². The summed E-state index contributed by atoms with van der Waals surface area (Å²) in [4.78, 5) is 24.6. The third-order valence-electron chi connectivity index (χ3n) is 4.63. The van der Waals surface area contributed by atoms with Crippen LogP contribution in [0.4, 0.5) is 4.39 Å². The second-order valence-corrected chi connectivity index (χ2v) is 6.31. The zero-order valence-electron chi connectivity index (χ0n) is 15.5. The van der Waals surface area contributed by atoms with Gasteiger partial charge in [-0.15, -0.1) is 0 Å². The van der Waals surface area contributed by atoms with Crippen molar-refractivity contribution in [3.63, 3.8) is 0 Å². The standard InChI is InChI=1S/C20H21FN2O4/c1-4-5-6-14-9-12-7-8-13(21)10-15(12)18-16(11-22-23(14)18)17(19(24)26-2)20(25)27-3/h7-11,17H,4-6H2,1-3H3. The van der Waals surface area contributed by atoms with E-state index in [9.17, 15) is 14.0 Å². The Morgan fingerprint density at radius 3 is 2.52 bits per heavy atom. The van der Waals surface area contributed by atoms with Crippen molar-refractivity contribution in [1.82, 2.24) is 9.61 Å². The molecular formula is C20H21FN2O4. The molecule has 0 unspecified atom stereocenters. The van der Waals surface area contributed by atoms with Gasteiger partial charge in [0.2, 0.25) is 0 Å². The van der Waals surface area contributed by atoms with E-state index in [1.54, 1.807) is 10.6 Å². The molecule has 0 bridgehead atoms. The zero-order valence-corrected chi connectivity index (χ0v) is 15.5. The zero-order chi connectivity index (χ0) is 19.6. The molecule has 6 nitrogen and oxygen atoms in total. The number of unbranched alkanes of at least 4 members (excludes halogenated alkanes) is 1. The Kier molecular flexibility index (Phi) is 5.39. The predicted molar refractivity (Wildman–Crippen MR) is 98.0 cm³/mol. The van der Waals surface area contributed by atoms with Gasteiger partial charge in [-0.05, 0) is 36.4 Å². The Morgan fingerprint density at radius 2 is 1.89 bits per heavy atom. The highest BCUT2D eigenvalue weighted by molar-refractivity contribution is 6.06. The van der Waals surface area contributed by atoms with E-state index in [4.69, 9.17) is 9.47 Å². The number of esters is 2. The number of carbonyl (C=O) groups is 2. The van der Waals surface area contributed by atoms with Crippen LogP contribution in [0.25, 0.3) is 16.3 Å². The van der Waals surface area contributed by atoms with E-state index in [2.05, 4.69) is 12.0 Å². The number of aryl methyl sites for hydroxylation is 1. The Hall–Kier alpha value is -2.96. The number of rotatable bonds is 6. The van der Waals surface area contributed by atoms with E-state index in [-0.39, 0.29) is 0 Å². The summed E-state index contributed by atoms with van der Waals surface area (Å²) in [5.41, 5.74) is 1.77. The molecule has 2 aromatic heterocycles. The molecule has 0 N–H and O–H groups in total. The fourth-order valence-electron chi connectivity index (χ4n) is 3.28. The summed E-state index contributed by atoms with van der Waals surface area (Å²) < 4.78 is 25.2. The molecule has 3 rings (SSSR count).